The van der Waals surface area contributed by atoms with E-state index in [1.807, 2.05) is 0 Å². The van der Waals surface area contributed by atoms with Gasteiger partial charge in [-0.1, -0.05) is 26.7 Å². The van der Waals surface area contributed by atoms with Crippen molar-refractivity contribution in [2.24, 2.45) is 22.8 Å². The number of nitrogens with zero attached hydrogens (tertiary/aromatic N) is 3. The van der Waals surface area contributed by atoms with Gasteiger partial charge in [-0.25, -0.2) is 4.39 Å². The van der Waals surface area contributed by atoms with Crippen LogP contribution in [0.15, 0.2) is 0 Å². The number of nitrogens with two attached hydrogens (primary N) is 2. The third-order valence-corrected chi connectivity index (χ3v) is 7.97. The Labute approximate surface area is 204 Å². The smallest absolute Gasteiger partial charge is 0.302 e. The highest BCUT2D eigenvalue weighted by Gasteiger charge is 2.43. The predicted octanol–water partition coefficient (Wildman–Crippen LogP) is 0.238. The van der Waals surface area contributed by atoms with Crippen LogP contribution in [0.2, 0.25) is 0 Å². The summed E-state index contributed by atoms with van der Waals surface area (Å²) in [6, 6.07) is 0.258. The van der Waals surface area contributed by atoms with Crippen molar-refractivity contribution in [2.75, 3.05) is 46.3 Å². The van der Waals surface area contributed by atoms with Gasteiger partial charge in [0, 0.05) is 38.8 Å². The number of alkyl halides is 1. The van der Waals surface area contributed by atoms with Crippen LogP contribution in [0.5, 0.6) is 0 Å². The van der Waals surface area contributed by atoms with E-state index < -0.39 is 18.3 Å². The number of hydrogen-bond donors (Lipinski definition) is 4. The maximum Gasteiger partial charge on any atom is 0.302 e. The molecule has 0 spiro atoms. The molecule has 3 aliphatic rings. The van der Waals surface area contributed by atoms with Gasteiger partial charge in [0.25, 0.3) is 5.71 Å². The van der Waals surface area contributed by atoms with Crippen LogP contribution in [0.3, 0.4) is 0 Å². The number of unbranched alkanes of at least 4 members (excludes halogenated alkanes) is 1. The van der Waals surface area contributed by atoms with Gasteiger partial charge in [0.2, 0.25) is 5.91 Å². The Morgan fingerprint density at radius 3 is 2.74 bits per heavy atom. The van der Waals surface area contributed by atoms with Crippen molar-refractivity contribution in [1.29, 1.82) is 0 Å². The summed E-state index contributed by atoms with van der Waals surface area (Å²) < 4.78 is 18.9. The van der Waals surface area contributed by atoms with E-state index in [1.54, 1.807) is 0 Å². The Hall–Kier alpha value is -1.35. The fourth-order valence-corrected chi connectivity index (χ4v) is 5.72. The molecule has 2 saturated heterocycles. The first-order valence-electron chi connectivity index (χ1n) is 13.2. The minimum Gasteiger partial charge on any atom is -0.350 e. The van der Waals surface area contributed by atoms with E-state index in [0.29, 0.717) is 25.1 Å². The number of amides is 1. The van der Waals surface area contributed by atoms with Gasteiger partial charge < -0.3 is 27.0 Å². The summed E-state index contributed by atoms with van der Waals surface area (Å²) in [6.45, 7) is 10.1. The monoisotopic (exact) mass is 480 g/mol. The van der Waals surface area contributed by atoms with Gasteiger partial charge in [0.15, 0.2) is 12.1 Å². The number of piperidine rings is 1. The Kier molecular flexibility index (Phi) is 10.1. The Bertz CT molecular complexity index is 733. The molecule has 194 valence electrons. The average molecular weight is 481 g/mol. The maximum atomic E-state index is 14.4. The molecule has 0 aromatic heterocycles. The van der Waals surface area contributed by atoms with Crippen molar-refractivity contribution in [1.82, 2.24) is 25.1 Å². The maximum absolute atomic E-state index is 14.4. The van der Waals surface area contributed by atoms with E-state index in [-0.39, 0.29) is 23.4 Å². The first kappa shape index (κ1) is 27.2. The molecule has 0 radical (unpaired) electrons. The number of rotatable bonds is 8. The lowest BCUT2D eigenvalue weighted by Crippen LogP contribution is -2.64. The minimum absolute atomic E-state index is 0.0237. The van der Waals surface area contributed by atoms with Crippen LogP contribution in [0, 0.1) is 11.3 Å². The van der Waals surface area contributed by atoms with E-state index in [4.69, 9.17) is 11.5 Å². The average Bonchev–Trinajstić information content (AvgIpc) is 2.80. The highest BCUT2D eigenvalue weighted by atomic mass is 19.1. The second kappa shape index (κ2) is 12.6. The van der Waals surface area contributed by atoms with Crippen molar-refractivity contribution < 1.29 is 9.18 Å². The highest BCUT2D eigenvalue weighted by molar-refractivity contribution is 6.05. The third kappa shape index (κ3) is 7.33. The van der Waals surface area contributed by atoms with E-state index >= 15 is 0 Å². The van der Waals surface area contributed by atoms with Gasteiger partial charge in [-0.3, -0.25) is 9.69 Å². The summed E-state index contributed by atoms with van der Waals surface area (Å²) in [7, 11) is 2.15. The lowest BCUT2D eigenvalue weighted by molar-refractivity contribution is -0.125. The molecule has 8 nitrogen and oxygen atoms in total. The first-order chi connectivity index (χ1) is 16.2. The minimum atomic E-state index is -1.11. The highest BCUT2D eigenvalue weighted by Crippen LogP contribution is 2.36. The molecular weight excluding hydrogens is 433 g/mol. The summed E-state index contributed by atoms with van der Waals surface area (Å²) in [4.78, 5) is 18.5. The molecule has 6 N–H and O–H groups in total. The number of hydrogen-bond acceptors (Lipinski definition) is 6. The standard InChI is InChI=1S/C25H46FN7O/c1-4-5-8-25(2)9-6-18(26)16-30-19(15-25)22(23(27)28)24(34)31-20-17-29-10-7-21(20)33-13-11-32(3)12-14-33/h16,18,20-23,29H,4-15,17,27-28H2,1-3H3/p+1. The SMILES string of the molecule is CCCCC1(C)CCC(F)C=[N+]=C(C(C(=O)NC2CNCCC2N2CCN(C)CC2)C(N)N)C1. The van der Waals surface area contributed by atoms with E-state index in [9.17, 15) is 9.18 Å². The van der Waals surface area contributed by atoms with Crippen LogP contribution in [-0.4, -0.2) is 98.4 Å². The molecule has 1 amide bonds. The lowest BCUT2D eigenvalue weighted by Gasteiger charge is -2.44. The van der Waals surface area contributed by atoms with Gasteiger partial charge >= 0.3 is 6.21 Å². The van der Waals surface area contributed by atoms with Gasteiger partial charge in [0.1, 0.15) is 0 Å². The van der Waals surface area contributed by atoms with Crippen LogP contribution in [0.4, 0.5) is 4.39 Å². The number of halogens is 1. The van der Waals surface area contributed by atoms with Crippen LogP contribution in [0.25, 0.3) is 0 Å². The van der Waals surface area contributed by atoms with E-state index in [2.05, 4.69) is 46.0 Å². The number of likely N-dealkylation sites (N-methyl/N-ethyl adjacent to an activating group) is 1. The van der Waals surface area contributed by atoms with Crippen LogP contribution in [-0.2, 0) is 4.79 Å². The van der Waals surface area contributed by atoms with Crippen molar-refractivity contribution >= 4 is 17.8 Å². The Balaban J connectivity index is 1.78. The van der Waals surface area contributed by atoms with Gasteiger partial charge in [-0.2, -0.15) is 0 Å². The largest absolute Gasteiger partial charge is 0.350 e. The number of carbonyl (C=O) groups is 1. The van der Waals surface area contributed by atoms with Crippen molar-refractivity contribution in [3.05, 3.63) is 0 Å². The predicted molar refractivity (Wildman–Crippen MR) is 138 cm³/mol. The van der Waals surface area contributed by atoms with E-state index in [1.165, 1.54) is 6.21 Å². The molecule has 0 aromatic rings. The van der Waals surface area contributed by atoms with Gasteiger partial charge in [0.05, 0.1) is 18.6 Å². The third-order valence-electron chi connectivity index (χ3n) is 7.97. The molecule has 0 aromatic carbocycles. The van der Waals surface area contributed by atoms with Crippen molar-refractivity contribution in [2.45, 2.75) is 83.2 Å². The quantitative estimate of drug-likeness (QED) is 0.292. The summed E-state index contributed by atoms with van der Waals surface area (Å²) >= 11 is 0. The summed E-state index contributed by atoms with van der Waals surface area (Å²) in [5.41, 5.74) is 12.9. The summed E-state index contributed by atoms with van der Waals surface area (Å²) in [6.07, 6.45) is 5.28. The van der Waals surface area contributed by atoms with Crippen LogP contribution < -0.4 is 26.8 Å². The molecule has 34 heavy (non-hydrogen) atoms. The second-order valence-electron chi connectivity index (χ2n) is 11.0. The molecule has 0 bridgehead atoms. The normalized spacial score (nSPS) is 32.7. The number of nitrogens with one attached hydrogen (secondary N) is 2. The topological polar surface area (TPSA) is 114 Å². The van der Waals surface area contributed by atoms with Gasteiger partial charge in [-0.05, 0) is 44.7 Å². The molecule has 9 heteroatoms. The summed E-state index contributed by atoms with van der Waals surface area (Å²) in [5, 5.41) is 6.69. The zero-order valence-corrected chi connectivity index (χ0v) is 21.4. The fraction of sp³-hybridized carbons (Fsp3) is 0.880. The molecule has 3 heterocycles. The number of carbonyl (C=O) groups excluding carboxylic acids is 1. The van der Waals surface area contributed by atoms with E-state index in [0.717, 1.165) is 64.8 Å². The lowest BCUT2D eigenvalue weighted by atomic mass is 9.73. The summed E-state index contributed by atoms with van der Waals surface area (Å²) in [5.74, 6) is -0.957. The van der Waals surface area contributed by atoms with Crippen molar-refractivity contribution in [3.8, 4) is 0 Å². The fourth-order valence-electron chi connectivity index (χ4n) is 5.72. The molecule has 5 atom stereocenters. The van der Waals surface area contributed by atoms with Crippen LogP contribution in [0.1, 0.15) is 58.8 Å². The van der Waals surface area contributed by atoms with Crippen LogP contribution >= 0.6 is 0 Å². The molecule has 3 aliphatic heterocycles. The molecule has 0 aliphatic carbocycles. The van der Waals surface area contributed by atoms with Gasteiger partial charge in [-0.15, -0.1) is 4.67 Å². The molecule has 5 unspecified atom stereocenters. The molecule has 2 fully saturated rings. The zero-order chi connectivity index (χ0) is 24.7. The molecule has 3 rings (SSSR count). The molecular formula is C25H47FN7O+. The first-order valence-corrected chi connectivity index (χ1v) is 13.2. The Morgan fingerprint density at radius 2 is 2.06 bits per heavy atom. The second-order valence-corrected chi connectivity index (χ2v) is 11.0. The molecule has 0 saturated carbocycles. The number of piperazine rings is 1. The van der Waals surface area contributed by atoms with Crippen molar-refractivity contribution in [3.63, 3.8) is 0 Å². The zero-order valence-electron chi connectivity index (χ0n) is 21.4. The Morgan fingerprint density at radius 1 is 1.32 bits per heavy atom.